The summed E-state index contributed by atoms with van der Waals surface area (Å²) >= 11 is 0. The van der Waals surface area contributed by atoms with Gasteiger partial charge in [0.05, 0.1) is 11.5 Å². The summed E-state index contributed by atoms with van der Waals surface area (Å²) in [5, 5.41) is 6.90. The molecule has 28 heavy (non-hydrogen) atoms. The summed E-state index contributed by atoms with van der Waals surface area (Å²) in [5.74, 6) is 1.58. The summed E-state index contributed by atoms with van der Waals surface area (Å²) < 4.78 is 23.3. The van der Waals surface area contributed by atoms with Gasteiger partial charge < -0.3 is 10.6 Å². The molecule has 2 aliphatic heterocycles. The second-order valence-corrected chi connectivity index (χ2v) is 10.4. The number of benzene rings is 1. The highest BCUT2D eigenvalue weighted by molar-refractivity contribution is 7.91. The highest BCUT2D eigenvalue weighted by Gasteiger charge is 2.28. The summed E-state index contributed by atoms with van der Waals surface area (Å²) in [5.41, 5.74) is 1.36. The molecule has 6 nitrogen and oxygen atoms in total. The molecule has 3 unspecified atom stereocenters. The molecule has 7 heteroatoms. The number of hydrogen-bond acceptors (Lipinski definition) is 4. The van der Waals surface area contributed by atoms with Crippen LogP contribution in [0.4, 0.5) is 0 Å². The molecule has 0 radical (unpaired) electrons. The molecule has 0 aliphatic carbocycles. The number of rotatable bonds is 6. The van der Waals surface area contributed by atoms with Crippen molar-refractivity contribution in [3.63, 3.8) is 0 Å². The van der Waals surface area contributed by atoms with Crippen molar-refractivity contribution in [3.8, 4) is 0 Å². The zero-order valence-electron chi connectivity index (χ0n) is 17.1. The Morgan fingerprint density at radius 3 is 2.68 bits per heavy atom. The first kappa shape index (κ1) is 21.1. The molecule has 2 saturated heterocycles. The van der Waals surface area contributed by atoms with E-state index in [4.69, 9.17) is 0 Å². The van der Waals surface area contributed by atoms with Gasteiger partial charge in [-0.1, -0.05) is 30.3 Å². The fourth-order valence-corrected chi connectivity index (χ4v) is 6.00. The Morgan fingerprint density at radius 1 is 1.25 bits per heavy atom. The Balaban J connectivity index is 1.51. The van der Waals surface area contributed by atoms with Gasteiger partial charge in [-0.25, -0.2) is 8.42 Å². The van der Waals surface area contributed by atoms with Gasteiger partial charge in [0.1, 0.15) is 0 Å². The third kappa shape index (κ3) is 6.21. The number of sulfone groups is 1. The molecule has 0 amide bonds. The van der Waals surface area contributed by atoms with Gasteiger partial charge in [0, 0.05) is 38.3 Å². The van der Waals surface area contributed by atoms with E-state index in [-0.39, 0.29) is 11.7 Å². The van der Waals surface area contributed by atoms with Gasteiger partial charge in [-0.05, 0) is 44.6 Å². The van der Waals surface area contributed by atoms with Crippen LogP contribution in [0.15, 0.2) is 35.3 Å². The minimum absolute atomic E-state index is 0.159. The van der Waals surface area contributed by atoms with E-state index in [1.165, 1.54) is 5.56 Å². The van der Waals surface area contributed by atoms with Crippen molar-refractivity contribution in [2.24, 2.45) is 10.9 Å². The lowest BCUT2D eigenvalue weighted by molar-refractivity contribution is 0.134. The molecule has 0 aromatic heterocycles. The maximum Gasteiger partial charge on any atom is 0.191 e. The molecule has 0 saturated carbocycles. The van der Waals surface area contributed by atoms with E-state index in [1.807, 2.05) is 0 Å². The molecule has 2 fully saturated rings. The lowest BCUT2D eigenvalue weighted by Gasteiger charge is -2.38. The summed E-state index contributed by atoms with van der Waals surface area (Å²) in [6, 6.07) is 11.5. The number of guanidine groups is 1. The number of nitrogens with one attached hydrogen (secondary N) is 2. The Morgan fingerprint density at radius 2 is 2.04 bits per heavy atom. The molecule has 3 rings (SSSR count). The molecule has 1 aromatic rings. The number of likely N-dealkylation sites (tertiary alicyclic amines) is 1. The fraction of sp³-hybridized carbons (Fsp3) is 0.667. The Hall–Kier alpha value is -1.60. The third-order valence-corrected chi connectivity index (χ3v) is 7.60. The van der Waals surface area contributed by atoms with Gasteiger partial charge in [0.15, 0.2) is 15.8 Å². The van der Waals surface area contributed by atoms with Crippen LogP contribution in [0.25, 0.3) is 0 Å². The second-order valence-electron chi connectivity index (χ2n) is 8.16. The van der Waals surface area contributed by atoms with Gasteiger partial charge in [0.2, 0.25) is 0 Å². The van der Waals surface area contributed by atoms with Gasteiger partial charge in [-0.15, -0.1) is 0 Å². The molecule has 1 aromatic carbocycles. The maximum atomic E-state index is 11.6. The molecule has 156 valence electrons. The Kier molecular flexibility index (Phi) is 7.35. The summed E-state index contributed by atoms with van der Waals surface area (Å²) in [6.07, 6.45) is 2.90. The highest BCUT2D eigenvalue weighted by Crippen LogP contribution is 2.21. The molecule has 3 atom stereocenters. The van der Waals surface area contributed by atoms with E-state index in [9.17, 15) is 8.42 Å². The number of piperidine rings is 1. The normalized spacial score (nSPS) is 28.2. The number of aliphatic imine (C=N–C) groups is 1. The zero-order valence-corrected chi connectivity index (χ0v) is 17.9. The van der Waals surface area contributed by atoms with Crippen molar-refractivity contribution in [2.75, 3.05) is 31.1 Å². The third-order valence-electron chi connectivity index (χ3n) is 5.76. The van der Waals surface area contributed by atoms with Crippen molar-refractivity contribution in [1.29, 1.82) is 0 Å². The fourth-order valence-electron chi connectivity index (χ4n) is 4.15. The van der Waals surface area contributed by atoms with E-state index in [0.29, 0.717) is 24.4 Å². The first-order chi connectivity index (χ1) is 13.4. The van der Waals surface area contributed by atoms with Crippen LogP contribution < -0.4 is 10.6 Å². The molecule has 2 N–H and O–H groups in total. The number of nitrogens with zero attached hydrogens (tertiary/aromatic N) is 2. The van der Waals surface area contributed by atoms with Crippen LogP contribution >= 0.6 is 0 Å². The monoisotopic (exact) mass is 406 g/mol. The van der Waals surface area contributed by atoms with Crippen molar-refractivity contribution < 1.29 is 8.42 Å². The molecular formula is C21H34N4O2S. The summed E-state index contributed by atoms with van der Waals surface area (Å²) in [4.78, 5) is 7.23. The first-order valence-electron chi connectivity index (χ1n) is 10.5. The average Bonchev–Trinajstić information content (AvgIpc) is 3.02. The minimum Gasteiger partial charge on any atom is -0.357 e. The zero-order chi connectivity index (χ0) is 20.0. The molecule has 2 aliphatic rings. The highest BCUT2D eigenvalue weighted by atomic mass is 32.2. The second kappa shape index (κ2) is 9.74. The number of hydrogen-bond donors (Lipinski definition) is 2. The van der Waals surface area contributed by atoms with Crippen LogP contribution in [0.2, 0.25) is 0 Å². The van der Waals surface area contributed by atoms with Crippen molar-refractivity contribution in [2.45, 2.75) is 51.7 Å². The van der Waals surface area contributed by atoms with Gasteiger partial charge in [-0.3, -0.25) is 9.89 Å². The van der Waals surface area contributed by atoms with E-state index >= 15 is 0 Å². The van der Waals surface area contributed by atoms with Crippen LogP contribution in [0.5, 0.6) is 0 Å². The van der Waals surface area contributed by atoms with Crippen molar-refractivity contribution in [3.05, 3.63) is 35.9 Å². The van der Waals surface area contributed by atoms with Gasteiger partial charge in [0.25, 0.3) is 0 Å². The minimum atomic E-state index is -2.84. The Bertz CT molecular complexity index is 751. The van der Waals surface area contributed by atoms with Gasteiger partial charge in [-0.2, -0.15) is 0 Å². The van der Waals surface area contributed by atoms with Crippen LogP contribution in [-0.2, 0) is 16.4 Å². The Labute approximate surface area is 169 Å². The SMILES string of the molecule is CCNC(=NCC1CCS(=O)(=O)C1)NC1CCN(Cc2ccccc2)C(C)C1. The van der Waals surface area contributed by atoms with E-state index in [2.05, 4.69) is 64.7 Å². The van der Waals surface area contributed by atoms with E-state index in [1.54, 1.807) is 0 Å². The lowest BCUT2D eigenvalue weighted by Crippen LogP contribution is -2.51. The van der Waals surface area contributed by atoms with Crippen LogP contribution in [0, 0.1) is 5.92 Å². The van der Waals surface area contributed by atoms with E-state index in [0.717, 1.165) is 44.9 Å². The van der Waals surface area contributed by atoms with Crippen LogP contribution in [0.3, 0.4) is 0 Å². The largest absolute Gasteiger partial charge is 0.357 e. The topological polar surface area (TPSA) is 73.8 Å². The lowest BCUT2D eigenvalue weighted by atomic mass is 9.97. The van der Waals surface area contributed by atoms with Crippen molar-refractivity contribution in [1.82, 2.24) is 15.5 Å². The van der Waals surface area contributed by atoms with Crippen LogP contribution in [0.1, 0.15) is 38.7 Å². The molecule has 0 spiro atoms. The molecule has 2 heterocycles. The smallest absolute Gasteiger partial charge is 0.191 e. The maximum absolute atomic E-state index is 11.6. The summed E-state index contributed by atoms with van der Waals surface area (Å²) in [6.45, 7) is 7.80. The van der Waals surface area contributed by atoms with Gasteiger partial charge >= 0.3 is 0 Å². The van der Waals surface area contributed by atoms with Crippen molar-refractivity contribution >= 4 is 15.8 Å². The molecular weight excluding hydrogens is 372 g/mol. The summed E-state index contributed by atoms with van der Waals surface area (Å²) in [7, 11) is -2.84. The predicted octanol–water partition coefficient (Wildman–Crippen LogP) is 2.03. The molecule has 0 bridgehead atoms. The quantitative estimate of drug-likeness (QED) is 0.559. The van der Waals surface area contributed by atoms with Crippen LogP contribution in [-0.4, -0.2) is 62.5 Å². The standard InChI is InChI=1S/C21H34N4O2S/c1-3-22-21(23-14-19-10-12-28(26,27)16-19)24-20-9-11-25(17(2)13-20)15-18-7-5-4-6-8-18/h4-8,17,19-20H,3,9-16H2,1-2H3,(H2,22,23,24). The first-order valence-corrected chi connectivity index (χ1v) is 12.3. The average molecular weight is 407 g/mol. The predicted molar refractivity (Wildman–Crippen MR) is 115 cm³/mol. The van der Waals surface area contributed by atoms with E-state index < -0.39 is 9.84 Å².